The summed E-state index contributed by atoms with van der Waals surface area (Å²) in [6, 6.07) is 7.03. The molecule has 0 amide bonds. The van der Waals surface area contributed by atoms with Crippen LogP contribution in [0.2, 0.25) is 0 Å². The minimum absolute atomic E-state index is 0. The van der Waals surface area contributed by atoms with Gasteiger partial charge in [0.05, 0.1) is 4.90 Å². The van der Waals surface area contributed by atoms with Crippen molar-refractivity contribution in [1.82, 2.24) is 10.2 Å². The number of guanidine groups is 1. The zero-order chi connectivity index (χ0) is 18.5. The van der Waals surface area contributed by atoms with Crippen molar-refractivity contribution >= 4 is 39.8 Å². The number of likely N-dealkylation sites (tertiary alicyclic amines) is 1. The Morgan fingerprint density at radius 1 is 1.31 bits per heavy atom. The van der Waals surface area contributed by atoms with Crippen LogP contribution in [0.1, 0.15) is 45.1 Å². The molecule has 0 saturated carbocycles. The van der Waals surface area contributed by atoms with E-state index >= 15 is 0 Å². The zero-order valence-electron chi connectivity index (χ0n) is 16.3. The van der Waals surface area contributed by atoms with Gasteiger partial charge in [0.25, 0.3) is 0 Å². The van der Waals surface area contributed by atoms with Gasteiger partial charge in [-0.05, 0) is 42.4 Å². The van der Waals surface area contributed by atoms with Gasteiger partial charge in [0.1, 0.15) is 0 Å². The van der Waals surface area contributed by atoms with Crippen molar-refractivity contribution in [2.24, 2.45) is 10.4 Å². The highest BCUT2D eigenvalue weighted by molar-refractivity contribution is 14.0. The second kappa shape index (κ2) is 9.92. The normalized spacial score (nSPS) is 21.2. The molecule has 1 aliphatic rings. The Bertz CT molecular complexity index is 700. The lowest BCUT2D eigenvalue weighted by Gasteiger charge is -2.42. The molecule has 1 fully saturated rings. The van der Waals surface area contributed by atoms with Gasteiger partial charge in [0.15, 0.2) is 15.8 Å². The summed E-state index contributed by atoms with van der Waals surface area (Å²) in [5.74, 6) is 0.925. The quantitative estimate of drug-likeness (QED) is 0.386. The number of sulfone groups is 1. The third-order valence-electron chi connectivity index (χ3n) is 4.95. The SMILES string of the molecule is CCCC1(C)CCCN(C(=NC)NCc2ccc(S(C)(=O)=O)cc2)C1.I. The van der Waals surface area contributed by atoms with Crippen molar-refractivity contribution in [2.75, 3.05) is 26.4 Å². The Kier molecular flexibility index (Phi) is 8.85. The highest BCUT2D eigenvalue weighted by Gasteiger charge is 2.31. The molecular weight excluding hydrogens is 461 g/mol. The number of hydrogen-bond acceptors (Lipinski definition) is 3. The predicted molar refractivity (Wildman–Crippen MR) is 119 cm³/mol. The van der Waals surface area contributed by atoms with E-state index < -0.39 is 9.84 Å². The van der Waals surface area contributed by atoms with Crippen molar-refractivity contribution in [3.8, 4) is 0 Å². The molecule has 26 heavy (non-hydrogen) atoms. The molecule has 0 bridgehead atoms. The van der Waals surface area contributed by atoms with Crippen LogP contribution >= 0.6 is 24.0 Å². The minimum atomic E-state index is -3.14. The molecule has 1 aromatic rings. The smallest absolute Gasteiger partial charge is 0.193 e. The van der Waals surface area contributed by atoms with Crippen molar-refractivity contribution < 1.29 is 8.42 Å². The Morgan fingerprint density at radius 2 is 1.96 bits per heavy atom. The van der Waals surface area contributed by atoms with Crippen LogP contribution in [0.5, 0.6) is 0 Å². The molecule has 1 aliphatic heterocycles. The molecule has 7 heteroatoms. The summed E-state index contributed by atoms with van der Waals surface area (Å²) in [6.45, 7) is 7.33. The molecule has 1 saturated heterocycles. The molecule has 0 radical (unpaired) electrons. The fourth-order valence-electron chi connectivity index (χ4n) is 3.67. The lowest BCUT2D eigenvalue weighted by Crippen LogP contribution is -2.49. The van der Waals surface area contributed by atoms with Crippen molar-refractivity contribution in [2.45, 2.75) is 51.0 Å². The van der Waals surface area contributed by atoms with Gasteiger partial charge in [-0.25, -0.2) is 8.42 Å². The number of rotatable bonds is 5. The number of benzene rings is 1. The summed E-state index contributed by atoms with van der Waals surface area (Å²) >= 11 is 0. The highest BCUT2D eigenvalue weighted by atomic mass is 127. The molecule has 1 aromatic carbocycles. The second-order valence-electron chi connectivity index (χ2n) is 7.40. The van der Waals surface area contributed by atoms with Crippen LogP contribution in [-0.4, -0.2) is 45.7 Å². The maximum atomic E-state index is 11.5. The van der Waals surface area contributed by atoms with E-state index in [0.29, 0.717) is 16.9 Å². The Morgan fingerprint density at radius 3 is 2.50 bits per heavy atom. The van der Waals surface area contributed by atoms with E-state index in [-0.39, 0.29) is 24.0 Å². The molecular formula is C19H32IN3O2S. The van der Waals surface area contributed by atoms with E-state index in [9.17, 15) is 8.42 Å². The first-order chi connectivity index (χ1) is 11.8. The summed E-state index contributed by atoms with van der Waals surface area (Å²) in [7, 11) is -1.32. The molecule has 1 heterocycles. The Balaban J connectivity index is 0.00000338. The number of piperidine rings is 1. The van der Waals surface area contributed by atoms with E-state index in [1.807, 2.05) is 19.2 Å². The molecule has 148 valence electrons. The second-order valence-corrected chi connectivity index (χ2v) is 9.42. The summed E-state index contributed by atoms with van der Waals surface area (Å²) in [4.78, 5) is 7.15. The van der Waals surface area contributed by atoms with Gasteiger partial charge in [-0.2, -0.15) is 0 Å². The standard InChI is InChI=1S/C19H31N3O2S.HI/c1-5-11-19(2)12-6-13-22(15-19)18(20-3)21-14-16-7-9-17(10-8-16)25(4,23)24;/h7-10H,5-6,11-15H2,1-4H3,(H,20,21);1H. The molecule has 0 aliphatic carbocycles. The Hall–Kier alpha value is -0.830. The molecule has 1 unspecified atom stereocenters. The summed E-state index contributed by atoms with van der Waals surface area (Å²) in [5, 5.41) is 3.42. The first kappa shape index (κ1) is 23.2. The van der Waals surface area contributed by atoms with Gasteiger partial charge in [0.2, 0.25) is 0 Å². The zero-order valence-corrected chi connectivity index (χ0v) is 19.4. The number of nitrogens with one attached hydrogen (secondary N) is 1. The lowest BCUT2D eigenvalue weighted by atomic mass is 9.78. The molecule has 2 rings (SSSR count). The average molecular weight is 493 g/mol. The number of nitrogens with zero attached hydrogens (tertiary/aromatic N) is 2. The molecule has 0 aromatic heterocycles. The van der Waals surface area contributed by atoms with Crippen LogP contribution < -0.4 is 5.32 Å². The molecule has 1 N–H and O–H groups in total. The van der Waals surface area contributed by atoms with Crippen molar-refractivity contribution in [3.05, 3.63) is 29.8 Å². The third-order valence-corrected chi connectivity index (χ3v) is 6.08. The van der Waals surface area contributed by atoms with Crippen molar-refractivity contribution in [1.29, 1.82) is 0 Å². The van der Waals surface area contributed by atoms with E-state index in [2.05, 4.69) is 29.1 Å². The number of hydrogen-bond donors (Lipinski definition) is 1. The van der Waals surface area contributed by atoms with Gasteiger partial charge < -0.3 is 10.2 Å². The fourth-order valence-corrected chi connectivity index (χ4v) is 4.30. The van der Waals surface area contributed by atoms with Gasteiger partial charge in [-0.15, -0.1) is 24.0 Å². The van der Waals surface area contributed by atoms with Gasteiger partial charge in [-0.1, -0.05) is 32.4 Å². The Labute approximate surface area is 175 Å². The number of halogens is 1. The largest absolute Gasteiger partial charge is 0.352 e. The first-order valence-corrected chi connectivity index (χ1v) is 10.9. The monoisotopic (exact) mass is 493 g/mol. The van der Waals surface area contributed by atoms with Gasteiger partial charge in [-0.3, -0.25) is 4.99 Å². The summed E-state index contributed by atoms with van der Waals surface area (Å²) in [5.41, 5.74) is 1.41. The average Bonchev–Trinajstić information content (AvgIpc) is 2.55. The van der Waals surface area contributed by atoms with Crippen LogP contribution in [-0.2, 0) is 16.4 Å². The third kappa shape index (κ3) is 6.40. The first-order valence-electron chi connectivity index (χ1n) is 9.02. The van der Waals surface area contributed by atoms with Crippen LogP contribution in [0.3, 0.4) is 0 Å². The van der Waals surface area contributed by atoms with Crippen LogP contribution in [0, 0.1) is 5.41 Å². The van der Waals surface area contributed by atoms with E-state index in [4.69, 9.17) is 0 Å². The molecule has 5 nitrogen and oxygen atoms in total. The topological polar surface area (TPSA) is 61.8 Å². The van der Waals surface area contributed by atoms with Crippen molar-refractivity contribution in [3.63, 3.8) is 0 Å². The van der Waals surface area contributed by atoms with Crippen LogP contribution in [0.15, 0.2) is 34.2 Å². The van der Waals surface area contributed by atoms with E-state index in [1.54, 1.807) is 12.1 Å². The van der Waals surface area contributed by atoms with Crippen LogP contribution in [0.25, 0.3) is 0 Å². The lowest BCUT2D eigenvalue weighted by molar-refractivity contribution is 0.142. The molecule has 1 atom stereocenters. The fraction of sp³-hybridized carbons (Fsp3) is 0.632. The van der Waals surface area contributed by atoms with E-state index in [1.165, 1.54) is 31.9 Å². The minimum Gasteiger partial charge on any atom is -0.352 e. The number of aliphatic imine (C=N–C) groups is 1. The maximum Gasteiger partial charge on any atom is 0.193 e. The van der Waals surface area contributed by atoms with E-state index in [0.717, 1.165) is 24.6 Å². The summed E-state index contributed by atoms with van der Waals surface area (Å²) in [6.07, 6.45) is 6.16. The highest BCUT2D eigenvalue weighted by Crippen LogP contribution is 2.33. The van der Waals surface area contributed by atoms with Gasteiger partial charge in [0, 0.05) is 32.9 Å². The predicted octanol–water partition coefficient (Wildman–Crippen LogP) is 3.69. The van der Waals surface area contributed by atoms with Gasteiger partial charge >= 0.3 is 0 Å². The molecule has 0 spiro atoms. The van der Waals surface area contributed by atoms with Crippen LogP contribution in [0.4, 0.5) is 0 Å². The maximum absolute atomic E-state index is 11.5. The summed E-state index contributed by atoms with van der Waals surface area (Å²) < 4.78 is 23.1.